The summed E-state index contributed by atoms with van der Waals surface area (Å²) in [5.74, 6) is 0.272. The summed E-state index contributed by atoms with van der Waals surface area (Å²) < 4.78 is 24.5. The Balaban J connectivity index is 1.80. The van der Waals surface area contributed by atoms with Crippen LogP contribution >= 0.6 is 11.6 Å². The van der Waals surface area contributed by atoms with Crippen molar-refractivity contribution < 1.29 is 18.8 Å². The van der Waals surface area contributed by atoms with Crippen molar-refractivity contribution in [1.29, 1.82) is 0 Å². The molecule has 1 heterocycles. The maximum atomic E-state index is 13.8. The SMILES string of the molecule is CN(Cc1cc([N+](=O)[O-])ccc1Cl)Cc1cc(F)cc2c1OCOC2. The van der Waals surface area contributed by atoms with Crippen molar-refractivity contribution in [2.24, 2.45) is 0 Å². The number of ether oxygens (including phenoxy) is 2. The van der Waals surface area contributed by atoms with Gasteiger partial charge in [-0.1, -0.05) is 11.6 Å². The van der Waals surface area contributed by atoms with Crippen LogP contribution in [0.5, 0.6) is 5.75 Å². The lowest BCUT2D eigenvalue weighted by Crippen LogP contribution is -2.20. The fourth-order valence-electron chi connectivity index (χ4n) is 2.81. The number of rotatable bonds is 5. The first kappa shape index (κ1) is 17.6. The maximum Gasteiger partial charge on any atom is 0.269 e. The van der Waals surface area contributed by atoms with E-state index < -0.39 is 4.92 Å². The summed E-state index contributed by atoms with van der Waals surface area (Å²) in [7, 11) is 1.83. The number of halogens is 2. The molecule has 0 amide bonds. The van der Waals surface area contributed by atoms with E-state index in [2.05, 4.69) is 0 Å². The second-order valence-corrected chi connectivity index (χ2v) is 6.28. The van der Waals surface area contributed by atoms with E-state index in [1.807, 2.05) is 11.9 Å². The topological polar surface area (TPSA) is 64.8 Å². The first-order valence-corrected chi connectivity index (χ1v) is 7.95. The van der Waals surface area contributed by atoms with Gasteiger partial charge in [-0.2, -0.15) is 0 Å². The Morgan fingerprint density at radius 1 is 1.28 bits per heavy atom. The van der Waals surface area contributed by atoms with Crippen LogP contribution in [0, 0.1) is 15.9 Å². The fraction of sp³-hybridized carbons (Fsp3) is 0.294. The molecule has 8 heteroatoms. The number of nitrogens with zero attached hydrogens (tertiary/aromatic N) is 2. The smallest absolute Gasteiger partial charge is 0.269 e. The van der Waals surface area contributed by atoms with Gasteiger partial charge in [0.15, 0.2) is 6.79 Å². The van der Waals surface area contributed by atoms with Crippen molar-refractivity contribution >= 4 is 17.3 Å². The lowest BCUT2D eigenvalue weighted by Gasteiger charge is -2.24. The van der Waals surface area contributed by atoms with E-state index in [1.165, 1.54) is 30.3 Å². The summed E-state index contributed by atoms with van der Waals surface area (Å²) >= 11 is 6.14. The summed E-state index contributed by atoms with van der Waals surface area (Å²) in [4.78, 5) is 12.3. The molecule has 0 saturated heterocycles. The van der Waals surface area contributed by atoms with Crippen LogP contribution in [-0.4, -0.2) is 23.7 Å². The van der Waals surface area contributed by atoms with Gasteiger partial charge in [-0.3, -0.25) is 15.0 Å². The average molecular weight is 367 g/mol. The van der Waals surface area contributed by atoms with Crippen molar-refractivity contribution in [1.82, 2.24) is 4.90 Å². The molecule has 2 aromatic carbocycles. The van der Waals surface area contributed by atoms with Crippen LogP contribution in [0.2, 0.25) is 5.02 Å². The van der Waals surface area contributed by atoms with Gasteiger partial charge in [-0.25, -0.2) is 4.39 Å². The van der Waals surface area contributed by atoms with E-state index in [9.17, 15) is 14.5 Å². The lowest BCUT2D eigenvalue weighted by atomic mass is 10.1. The van der Waals surface area contributed by atoms with Crippen LogP contribution in [0.3, 0.4) is 0 Å². The molecule has 0 aromatic heterocycles. The van der Waals surface area contributed by atoms with Crippen LogP contribution in [0.4, 0.5) is 10.1 Å². The highest BCUT2D eigenvalue weighted by molar-refractivity contribution is 6.31. The predicted octanol–water partition coefficient (Wildman–Crippen LogP) is 3.89. The summed E-state index contributed by atoms with van der Waals surface area (Å²) in [6, 6.07) is 7.14. The zero-order chi connectivity index (χ0) is 18.0. The highest BCUT2D eigenvalue weighted by Gasteiger charge is 2.19. The summed E-state index contributed by atoms with van der Waals surface area (Å²) in [6.07, 6.45) is 0. The van der Waals surface area contributed by atoms with E-state index in [0.717, 1.165) is 0 Å². The number of nitro groups is 1. The number of benzene rings is 2. The second kappa shape index (κ2) is 7.35. The molecule has 132 valence electrons. The van der Waals surface area contributed by atoms with Gasteiger partial charge in [-0.15, -0.1) is 0 Å². The number of hydrogen-bond acceptors (Lipinski definition) is 5. The molecule has 0 atom stereocenters. The molecule has 0 bridgehead atoms. The standard InChI is InChI=1S/C17H16ClFN2O4/c1-20(7-11-6-15(21(22)23)2-3-16(11)18)8-12-4-14(19)5-13-9-24-10-25-17(12)13/h2-6H,7-10H2,1H3. The molecule has 0 fully saturated rings. The van der Waals surface area contributed by atoms with Gasteiger partial charge in [-0.05, 0) is 30.8 Å². The van der Waals surface area contributed by atoms with E-state index in [0.29, 0.717) is 47.2 Å². The van der Waals surface area contributed by atoms with E-state index in [1.54, 1.807) is 0 Å². The number of fused-ring (bicyclic) bond motifs is 1. The minimum absolute atomic E-state index is 0.0172. The van der Waals surface area contributed by atoms with Gasteiger partial charge < -0.3 is 9.47 Å². The van der Waals surface area contributed by atoms with Gasteiger partial charge in [0.1, 0.15) is 11.6 Å². The maximum absolute atomic E-state index is 13.8. The zero-order valence-corrected chi connectivity index (χ0v) is 14.3. The van der Waals surface area contributed by atoms with Crippen molar-refractivity contribution in [3.63, 3.8) is 0 Å². The van der Waals surface area contributed by atoms with E-state index >= 15 is 0 Å². The van der Waals surface area contributed by atoms with Crippen LogP contribution in [0.15, 0.2) is 30.3 Å². The quantitative estimate of drug-likeness (QED) is 0.593. The predicted molar refractivity (Wildman–Crippen MR) is 90.0 cm³/mol. The van der Waals surface area contributed by atoms with Crippen molar-refractivity contribution in [2.75, 3.05) is 13.8 Å². The van der Waals surface area contributed by atoms with Gasteiger partial charge in [0.25, 0.3) is 5.69 Å². The number of nitro benzene ring substituents is 1. The summed E-state index contributed by atoms with van der Waals surface area (Å²) in [6.45, 7) is 1.22. The Hall–Kier alpha value is -2.22. The largest absolute Gasteiger partial charge is 0.467 e. The molecule has 3 rings (SSSR count). The normalized spacial score (nSPS) is 13.4. The first-order valence-electron chi connectivity index (χ1n) is 7.57. The molecule has 1 aliphatic rings. The third-order valence-electron chi connectivity index (χ3n) is 3.87. The number of non-ortho nitro benzene ring substituents is 1. The summed E-state index contributed by atoms with van der Waals surface area (Å²) in [5.41, 5.74) is 1.98. The molecule has 0 unspecified atom stereocenters. The van der Waals surface area contributed by atoms with E-state index in [-0.39, 0.29) is 18.3 Å². The minimum atomic E-state index is -0.462. The van der Waals surface area contributed by atoms with Crippen molar-refractivity contribution in [2.45, 2.75) is 19.7 Å². The zero-order valence-electron chi connectivity index (χ0n) is 13.5. The van der Waals surface area contributed by atoms with Crippen LogP contribution in [-0.2, 0) is 24.4 Å². The molecular formula is C17H16ClFN2O4. The highest BCUT2D eigenvalue weighted by Crippen LogP contribution is 2.31. The molecule has 0 N–H and O–H groups in total. The van der Waals surface area contributed by atoms with Crippen molar-refractivity contribution in [3.05, 3.63) is 68.0 Å². The van der Waals surface area contributed by atoms with Gasteiger partial charge in [0.05, 0.1) is 11.5 Å². The molecule has 25 heavy (non-hydrogen) atoms. The van der Waals surface area contributed by atoms with Crippen LogP contribution < -0.4 is 4.74 Å². The van der Waals surface area contributed by atoms with Gasteiger partial charge in [0.2, 0.25) is 0 Å². The monoisotopic (exact) mass is 366 g/mol. The summed E-state index contributed by atoms with van der Waals surface area (Å²) in [5, 5.41) is 11.4. The Labute approximate surface area is 148 Å². The number of hydrogen-bond donors (Lipinski definition) is 0. The third-order valence-corrected chi connectivity index (χ3v) is 4.24. The second-order valence-electron chi connectivity index (χ2n) is 5.87. The molecular weight excluding hydrogens is 351 g/mol. The third kappa shape index (κ3) is 4.07. The molecule has 0 radical (unpaired) electrons. The van der Waals surface area contributed by atoms with Gasteiger partial charge in [0, 0.05) is 41.4 Å². The Bertz CT molecular complexity index is 815. The molecule has 6 nitrogen and oxygen atoms in total. The Morgan fingerprint density at radius 2 is 2.04 bits per heavy atom. The Kier molecular flexibility index (Phi) is 5.17. The Morgan fingerprint density at radius 3 is 2.80 bits per heavy atom. The first-order chi connectivity index (χ1) is 11.9. The van der Waals surface area contributed by atoms with Gasteiger partial charge >= 0.3 is 0 Å². The molecule has 0 aliphatic carbocycles. The molecule has 0 spiro atoms. The average Bonchev–Trinajstić information content (AvgIpc) is 2.56. The van der Waals surface area contributed by atoms with Crippen LogP contribution in [0.25, 0.3) is 0 Å². The minimum Gasteiger partial charge on any atom is -0.467 e. The fourth-order valence-corrected chi connectivity index (χ4v) is 2.98. The van der Waals surface area contributed by atoms with Crippen molar-refractivity contribution in [3.8, 4) is 5.75 Å². The lowest BCUT2D eigenvalue weighted by molar-refractivity contribution is -0.384. The molecule has 1 aliphatic heterocycles. The molecule has 0 saturated carbocycles. The highest BCUT2D eigenvalue weighted by atomic mass is 35.5. The van der Waals surface area contributed by atoms with Crippen LogP contribution in [0.1, 0.15) is 16.7 Å². The van der Waals surface area contributed by atoms with E-state index in [4.69, 9.17) is 21.1 Å². The molecule has 2 aromatic rings.